The average molecular weight is 216 g/mol. The molecule has 14 heavy (non-hydrogen) atoms. The Kier molecular flexibility index (Phi) is 6.03. The predicted octanol–water partition coefficient (Wildman–Crippen LogP) is 1.19. The first-order chi connectivity index (χ1) is 6.54. The Morgan fingerprint density at radius 1 is 1.14 bits per heavy atom. The third kappa shape index (κ3) is 3.83. The highest BCUT2D eigenvalue weighted by atomic mass is 32.1. The second-order valence-electron chi connectivity index (χ2n) is 2.96. The van der Waals surface area contributed by atoms with Crippen LogP contribution in [0.5, 0.6) is 0 Å². The fourth-order valence-corrected chi connectivity index (χ4v) is 1.24. The molecular formula is C9H16N2O2S. The van der Waals surface area contributed by atoms with Crippen LogP contribution in [0.25, 0.3) is 0 Å². The predicted molar refractivity (Wildman–Crippen MR) is 58.5 cm³/mol. The summed E-state index contributed by atoms with van der Waals surface area (Å²) in [5.41, 5.74) is 5.31. The average Bonchev–Trinajstić information content (AvgIpc) is 2.04. The molecule has 0 fully saturated rings. The van der Waals surface area contributed by atoms with Crippen LogP contribution in [0.4, 0.5) is 0 Å². The Hall–Kier alpha value is -0.970. The van der Waals surface area contributed by atoms with Crippen LogP contribution in [0.2, 0.25) is 0 Å². The maximum absolute atomic E-state index is 11.4. The summed E-state index contributed by atoms with van der Waals surface area (Å²) in [6.45, 7) is 3.72. The van der Waals surface area contributed by atoms with Crippen molar-refractivity contribution in [2.45, 2.75) is 39.5 Å². The van der Waals surface area contributed by atoms with Gasteiger partial charge in [0.2, 0.25) is 11.8 Å². The fraction of sp³-hybridized carbons (Fsp3) is 0.667. The molecule has 0 bridgehead atoms. The van der Waals surface area contributed by atoms with Gasteiger partial charge in [0.15, 0.2) is 5.11 Å². The molecule has 0 atom stereocenters. The molecule has 0 aliphatic heterocycles. The summed E-state index contributed by atoms with van der Waals surface area (Å²) in [5.74, 6) is -0.614. The van der Waals surface area contributed by atoms with Crippen LogP contribution in [-0.2, 0) is 9.59 Å². The van der Waals surface area contributed by atoms with Crippen LogP contribution in [0.3, 0.4) is 0 Å². The van der Waals surface area contributed by atoms with Gasteiger partial charge in [-0.05, 0) is 25.1 Å². The van der Waals surface area contributed by atoms with Gasteiger partial charge in [0.1, 0.15) is 0 Å². The highest BCUT2D eigenvalue weighted by Crippen LogP contribution is 2.02. The van der Waals surface area contributed by atoms with Gasteiger partial charge < -0.3 is 5.73 Å². The number of nitrogens with two attached hydrogens (primary N) is 1. The first kappa shape index (κ1) is 13.0. The number of nitrogens with zero attached hydrogens (tertiary/aromatic N) is 1. The summed E-state index contributed by atoms with van der Waals surface area (Å²) < 4.78 is 0. The second-order valence-corrected chi connectivity index (χ2v) is 3.38. The van der Waals surface area contributed by atoms with Gasteiger partial charge in [-0.15, -0.1) is 0 Å². The van der Waals surface area contributed by atoms with Crippen molar-refractivity contribution in [2.75, 3.05) is 0 Å². The van der Waals surface area contributed by atoms with Crippen LogP contribution in [0.1, 0.15) is 39.5 Å². The Labute approximate surface area is 89.4 Å². The molecule has 0 aliphatic carbocycles. The maximum atomic E-state index is 11.4. The van der Waals surface area contributed by atoms with E-state index in [-0.39, 0.29) is 16.9 Å². The zero-order valence-corrected chi connectivity index (χ0v) is 9.39. The SMILES string of the molecule is CCCC(=O)N(C(=O)CCC)C(N)=S. The number of imide groups is 1. The fourth-order valence-electron chi connectivity index (χ4n) is 1.04. The lowest BCUT2D eigenvalue weighted by Crippen LogP contribution is -2.44. The Balaban J connectivity index is 4.51. The Bertz CT molecular complexity index is 223. The van der Waals surface area contributed by atoms with Crippen molar-refractivity contribution >= 4 is 29.1 Å². The van der Waals surface area contributed by atoms with Crippen LogP contribution in [0, 0.1) is 0 Å². The third-order valence-corrected chi connectivity index (χ3v) is 1.83. The molecule has 0 aliphatic rings. The van der Waals surface area contributed by atoms with E-state index >= 15 is 0 Å². The monoisotopic (exact) mass is 216 g/mol. The molecule has 0 saturated heterocycles. The topological polar surface area (TPSA) is 63.4 Å². The van der Waals surface area contributed by atoms with Crippen molar-refractivity contribution in [2.24, 2.45) is 5.73 Å². The molecule has 2 amide bonds. The van der Waals surface area contributed by atoms with E-state index in [0.29, 0.717) is 25.7 Å². The zero-order valence-electron chi connectivity index (χ0n) is 8.58. The number of hydrogen-bond acceptors (Lipinski definition) is 3. The lowest BCUT2D eigenvalue weighted by Gasteiger charge is -2.18. The smallest absolute Gasteiger partial charge is 0.235 e. The van der Waals surface area contributed by atoms with Crippen molar-refractivity contribution < 1.29 is 9.59 Å². The van der Waals surface area contributed by atoms with Gasteiger partial charge in [0, 0.05) is 12.8 Å². The lowest BCUT2D eigenvalue weighted by atomic mass is 10.2. The van der Waals surface area contributed by atoms with Crippen molar-refractivity contribution in [1.29, 1.82) is 0 Å². The minimum atomic E-state index is -0.307. The Morgan fingerprint density at radius 2 is 1.50 bits per heavy atom. The highest BCUT2D eigenvalue weighted by molar-refractivity contribution is 7.80. The van der Waals surface area contributed by atoms with Gasteiger partial charge in [-0.1, -0.05) is 13.8 Å². The van der Waals surface area contributed by atoms with Crippen LogP contribution in [-0.4, -0.2) is 21.8 Å². The largest absolute Gasteiger partial charge is 0.375 e. The third-order valence-electron chi connectivity index (χ3n) is 1.65. The van der Waals surface area contributed by atoms with Crippen LogP contribution in [0.15, 0.2) is 0 Å². The minimum absolute atomic E-state index is 0.151. The molecule has 0 aromatic heterocycles. The number of thiocarbonyl (C=S) groups is 1. The molecule has 0 unspecified atom stereocenters. The van der Waals surface area contributed by atoms with E-state index in [2.05, 4.69) is 12.2 Å². The van der Waals surface area contributed by atoms with E-state index < -0.39 is 0 Å². The molecule has 0 heterocycles. The van der Waals surface area contributed by atoms with E-state index in [1.165, 1.54) is 0 Å². The Morgan fingerprint density at radius 3 is 1.71 bits per heavy atom. The molecular weight excluding hydrogens is 200 g/mol. The summed E-state index contributed by atoms with van der Waals surface area (Å²) in [5, 5.41) is -0.151. The highest BCUT2D eigenvalue weighted by Gasteiger charge is 2.21. The zero-order chi connectivity index (χ0) is 11.1. The number of amides is 2. The van der Waals surface area contributed by atoms with Crippen molar-refractivity contribution in [1.82, 2.24) is 4.90 Å². The van der Waals surface area contributed by atoms with E-state index in [1.54, 1.807) is 0 Å². The molecule has 0 radical (unpaired) electrons. The normalized spacial score (nSPS) is 9.57. The van der Waals surface area contributed by atoms with Gasteiger partial charge in [-0.3, -0.25) is 9.59 Å². The van der Waals surface area contributed by atoms with E-state index in [4.69, 9.17) is 5.73 Å². The van der Waals surface area contributed by atoms with Gasteiger partial charge in [-0.25, -0.2) is 4.90 Å². The standard InChI is InChI=1S/C9H16N2O2S/c1-3-5-7(12)11(9(10)14)8(13)6-4-2/h3-6H2,1-2H3,(H2,10,14). The van der Waals surface area contributed by atoms with Gasteiger partial charge in [-0.2, -0.15) is 0 Å². The summed E-state index contributed by atoms with van der Waals surface area (Å²) in [4.78, 5) is 23.8. The molecule has 0 saturated carbocycles. The number of hydrogen-bond donors (Lipinski definition) is 1. The number of carbonyl (C=O) groups is 2. The summed E-state index contributed by atoms with van der Waals surface area (Å²) in [7, 11) is 0. The second kappa shape index (κ2) is 6.48. The molecule has 4 nitrogen and oxygen atoms in total. The molecule has 0 rings (SSSR count). The van der Waals surface area contributed by atoms with Crippen molar-refractivity contribution in [3.05, 3.63) is 0 Å². The maximum Gasteiger partial charge on any atom is 0.235 e. The summed E-state index contributed by atoms with van der Waals surface area (Å²) >= 11 is 4.66. The van der Waals surface area contributed by atoms with Crippen LogP contribution < -0.4 is 5.73 Å². The first-order valence-electron chi connectivity index (χ1n) is 4.69. The molecule has 0 aromatic rings. The van der Waals surface area contributed by atoms with E-state index in [9.17, 15) is 9.59 Å². The van der Waals surface area contributed by atoms with Gasteiger partial charge >= 0.3 is 0 Å². The van der Waals surface area contributed by atoms with E-state index in [0.717, 1.165) is 4.90 Å². The summed E-state index contributed by atoms with van der Waals surface area (Å²) in [6.07, 6.45) is 1.95. The molecule has 2 N–H and O–H groups in total. The summed E-state index contributed by atoms with van der Waals surface area (Å²) in [6, 6.07) is 0. The van der Waals surface area contributed by atoms with Crippen LogP contribution >= 0.6 is 12.2 Å². The van der Waals surface area contributed by atoms with Gasteiger partial charge in [0.05, 0.1) is 0 Å². The quantitative estimate of drug-likeness (QED) is 0.717. The molecule has 5 heteroatoms. The van der Waals surface area contributed by atoms with E-state index in [1.807, 2.05) is 13.8 Å². The molecule has 80 valence electrons. The first-order valence-corrected chi connectivity index (χ1v) is 5.10. The van der Waals surface area contributed by atoms with Gasteiger partial charge in [0.25, 0.3) is 0 Å². The van der Waals surface area contributed by atoms with Crippen molar-refractivity contribution in [3.8, 4) is 0 Å². The molecule has 0 spiro atoms. The number of carbonyl (C=O) groups excluding carboxylic acids is 2. The lowest BCUT2D eigenvalue weighted by molar-refractivity contribution is -0.139. The number of rotatable bonds is 4. The molecule has 0 aromatic carbocycles. The minimum Gasteiger partial charge on any atom is -0.375 e. The van der Waals surface area contributed by atoms with Crippen molar-refractivity contribution in [3.63, 3.8) is 0 Å².